The van der Waals surface area contributed by atoms with Gasteiger partial charge in [-0.05, 0) is 20.5 Å². The summed E-state index contributed by atoms with van der Waals surface area (Å²) in [5, 5.41) is 7.39. The third-order valence-electron chi connectivity index (χ3n) is 2.29. The summed E-state index contributed by atoms with van der Waals surface area (Å²) in [4.78, 5) is 13.8. The third kappa shape index (κ3) is 4.02. The largest absolute Gasteiger partial charge is 0.381 e. The van der Waals surface area contributed by atoms with Gasteiger partial charge in [0.2, 0.25) is 0 Å². The molecule has 1 heterocycles. The van der Waals surface area contributed by atoms with Crippen molar-refractivity contribution in [2.24, 2.45) is 0 Å². The van der Waals surface area contributed by atoms with Gasteiger partial charge in [0, 0.05) is 19.6 Å². The molecule has 0 bridgehead atoms. The van der Waals surface area contributed by atoms with Crippen LogP contribution in [0.2, 0.25) is 5.02 Å². The molecule has 1 N–H and O–H groups in total. The molecular formula is C11H19ClN4O. The zero-order chi connectivity index (χ0) is 12.8. The molecule has 0 radical (unpaired) electrons. The molecule has 96 valence electrons. The molecule has 0 aliphatic heterocycles. The average Bonchev–Trinajstić information content (AvgIpc) is 2.28. The van der Waals surface area contributed by atoms with Gasteiger partial charge < -0.3 is 10.2 Å². The van der Waals surface area contributed by atoms with Crippen LogP contribution in [-0.2, 0) is 6.54 Å². The fourth-order valence-electron chi connectivity index (χ4n) is 1.37. The Labute approximate surface area is 106 Å². The predicted molar refractivity (Wildman–Crippen MR) is 70.8 cm³/mol. The summed E-state index contributed by atoms with van der Waals surface area (Å²) in [6.45, 7) is 4.18. The van der Waals surface area contributed by atoms with E-state index in [2.05, 4.69) is 10.4 Å². The van der Waals surface area contributed by atoms with Crippen molar-refractivity contribution in [3.63, 3.8) is 0 Å². The fraction of sp³-hybridized carbons (Fsp3) is 0.636. The van der Waals surface area contributed by atoms with Crippen LogP contribution in [0.1, 0.15) is 13.3 Å². The Morgan fingerprint density at radius 3 is 2.82 bits per heavy atom. The summed E-state index contributed by atoms with van der Waals surface area (Å²) in [7, 11) is 3.97. The zero-order valence-corrected chi connectivity index (χ0v) is 11.3. The molecule has 0 fully saturated rings. The van der Waals surface area contributed by atoms with Crippen LogP contribution in [0.5, 0.6) is 0 Å². The van der Waals surface area contributed by atoms with E-state index in [0.29, 0.717) is 12.2 Å². The molecule has 1 rings (SSSR count). The van der Waals surface area contributed by atoms with Crippen molar-refractivity contribution in [1.82, 2.24) is 14.7 Å². The van der Waals surface area contributed by atoms with Gasteiger partial charge in [0.15, 0.2) is 0 Å². The van der Waals surface area contributed by atoms with Crippen LogP contribution in [0.25, 0.3) is 0 Å². The molecule has 5 nitrogen and oxygen atoms in total. The lowest BCUT2D eigenvalue weighted by Gasteiger charge is -2.12. The molecule has 0 unspecified atom stereocenters. The number of likely N-dealkylation sites (N-methyl/N-ethyl adjacent to an activating group) is 1. The van der Waals surface area contributed by atoms with E-state index < -0.39 is 0 Å². The number of nitrogens with one attached hydrogen (secondary N) is 1. The number of rotatable bonds is 6. The maximum absolute atomic E-state index is 11.8. The topological polar surface area (TPSA) is 50.2 Å². The van der Waals surface area contributed by atoms with Crippen LogP contribution in [0.15, 0.2) is 11.0 Å². The quantitative estimate of drug-likeness (QED) is 0.835. The van der Waals surface area contributed by atoms with E-state index >= 15 is 0 Å². The smallest absolute Gasteiger partial charge is 0.287 e. The number of hydrogen-bond donors (Lipinski definition) is 1. The van der Waals surface area contributed by atoms with Crippen molar-refractivity contribution in [3.05, 3.63) is 21.6 Å². The van der Waals surface area contributed by atoms with Crippen LogP contribution in [0.3, 0.4) is 0 Å². The van der Waals surface area contributed by atoms with Crippen molar-refractivity contribution >= 4 is 17.3 Å². The van der Waals surface area contributed by atoms with Gasteiger partial charge in [-0.1, -0.05) is 18.5 Å². The number of aryl methyl sites for hydroxylation is 1. The van der Waals surface area contributed by atoms with Crippen molar-refractivity contribution in [1.29, 1.82) is 0 Å². The van der Waals surface area contributed by atoms with Gasteiger partial charge in [-0.25, -0.2) is 4.68 Å². The molecule has 0 spiro atoms. The Morgan fingerprint density at radius 1 is 1.53 bits per heavy atom. The summed E-state index contributed by atoms with van der Waals surface area (Å²) in [6, 6.07) is 0. The molecule has 0 aliphatic rings. The molecule has 0 atom stereocenters. The van der Waals surface area contributed by atoms with Gasteiger partial charge in [-0.15, -0.1) is 0 Å². The maximum Gasteiger partial charge on any atom is 0.287 e. The van der Waals surface area contributed by atoms with Crippen molar-refractivity contribution in [2.75, 3.05) is 32.5 Å². The van der Waals surface area contributed by atoms with E-state index in [0.717, 1.165) is 19.5 Å². The summed E-state index contributed by atoms with van der Waals surface area (Å²) in [5.41, 5.74) is 0.370. The minimum atomic E-state index is -0.233. The Balaban J connectivity index is 2.75. The lowest BCUT2D eigenvalue weighted by atomic mass is 10.4. The molecule has 6 heteroatoms. The van der Waals surface area contributed by atoms with E-state index in [4.69, 9.17) is 11.6 Å². The maximum atomic E-state index is 11.8. The highest BCUT2D eigenvalue weighted by molar-refractivity contribution is 6.32. The monoisotopic (exact) mass is 258 g/mol. The SMILES string of the molecule is CCCn1ncc(NCCN(C)C)c(Cl)c1=O. The molecule has 1 aromatic rings. The minimum Gasteiger partial charge on any atom is -0.381 e. The number of nitrogens with zero attached hydrogens (tertiary/aromatic N) is 3. The lowest BCUT2D eigenvalue weighted by Crippen LogP contribution is -2.26. The van der Waals surface area contributed by atoms with Gasteiger partial charge >= 0.3 is 0 Å². The van der Waals surface area contributed by atoms with Crippen LogP contribution in [0.4, 0.5) is 5.69 Å². The summed E-state index contributed by atoms with van der Waals surface area (Å²) >= 11 is 6.00. The normalized spacial score (nSPS) is 10.9. The van der Waals surface area contributed by atoms with Crippen LogP contribution in [-0.4, -0.2) is 41.9 Å². The van der Waals surface area contributed by atoms with Crippen LogP contribution >= 0.6 is 11.6 Å². The fourth-order valence-corrected chi connectivity index (χ4v) is 1.59. The summed E-state index contributed by atoms with van der Waals surface area (Å²) in [6.07, 6.45) is 2.46. The van der Waals surface area contributed by atoms with Gasteiger partial charge in [-0.2, -0.15) is 5.10 Å². The Hall–Kier alpha value is -1.07. The minimum absolute atomic E-state index is 0.215. The second-order valence-electron chi connectivity index (χ2n) is 4.13. The highest BCUT2D eigenvalue weighted by atomic mass is 35.5. The Morgan fingerprint density at radius 2 is 2.24 bits per heavy atom. The van der Waals surface area contributed by atoms with E-state index in [1.54, 1.807) is 6.20 Å². The highest BCUT2D eigenvalue weighted by Crippen LogP contribution is 2.14. The molecule has 0 saturated heterocycles. The first kappa shape index (κ1) is 14.0. The second kappa shape index (κ2) is 6.61. The summed E-state index contributed by atoms with van der Waals surface area (Å²) in [5.74, 6) is 0. The van der Waals surface area contributed by atoms with Gasteiger partial charge in [0.25, 0.3) is 5.56 Å². The van der Waals surface area contributed by atoms with E-state index in [-0.39, 0.29) is 10.6 Å². The van der Waals surface area contributed by atoms with E-state index in [1.807, 2.05) is 25.9 Å². The summed E-state index contributed by atoms with van der Waals surface area (Å²) < 4.78 is 1.39. The van der Waals surface area contributed by atoms with Crippen LogP contribution in [0, 0.1) is 0 Å². The van der Waals surface area contributed by atoms with Crippen LogP contribution < -0.4 is 10.9 Å². The average molecular weight is 259 g/mol. The first-order chi connectivity index (χ1) is 8.06. The molecule has 0 saturated carbocycles. The predicted octanol–water partition coefficient (Wildman–Crippen LogP) is 1.28. The van der Waals surface area contributed by atoms with Gasteiger partial charge in [0.05, 0.1) is 11.9 Å². The van der Waals surface area contributed by atoms with Crippen molar-refractivity contribution < 1.29 is 0 Å². The zero-order valence-electron chi connectivity index (χ0n) is 10.5. The molecule has 0 aliphatic carbocycles. The van der Waals surface area contributed by atoms with Gasteiger partial charge in [-0.3, -0.25) is 4.79 Å². The number of halogens is 1. The Bertz CT molecular complexity index is 416. The van der Waals surface area contributed by atoms with Crippen molar-refractivity contribution in [2.45, 2.75) is 19.9 Å². The molecule has 0 aromatic carbocycles. The first-order valence-corrected chi connectivity index (χ1v) is 6.08. The molecule has 17 heavy (non-hydrogen) atoms. The molecular weight excluding hydrogens is 240 g/mol. The molecule has 0 amide bonds. The highest BCUT2D eigenvalue weighted by Gasteiger charge is 2.08. The Kier molecular flexibility index (Phi) is 5.44. The second-order valence-corrected chi connectivity index (χ2v) is 4.51. The van der Waals surface area contributed by atoms with Crippen molar-refractivity contribution in [3.8, 4) is 0 Å². The standard InChI is InChI=1S/C11H19ClN4O/c1-4-6-16-11(17)10(12)9(8-14-16)13-5-7-15(2)3/h8,13H,4-7H2,1-3H3. The third-order valence-corrected chi connectivity index (χ3v) is 2.66. The number of anilines is 1. The number of hydrogen-bond acceptors (Lipinski definition) is 4. The van der Waals surface area contributed by atoms with Gasteiger partial charge in [0.1, 0.15) is 5.02 Å². The van der Waals surface area contributed by atoms with E-state index in [9.17, 15) is 4.79 Å². The molecule has 1 aromatic heterocycles. The lowest BCUT2D eigenvalue weighted by molar-refractivity contribution is 0.425. The van der Waals surface area contributed by atoms with E-state index in [1.165, 1.54) is 4.68 Å². The first-order valence-electron chi connectivity index (χ1n) is 5.70. The number of aromatic nitrogens is 2.